The number of benzene rings is 1. The van der Waals surface area contributed by atoms with Crippen molar-refractivity contribution in [3.05, 3.63) is 35.4 Å². The smallest absolute Gasteiger partial charge is 0.328 e. The topological polar surface area (TPSA) is 49.3 Å². The Morgan fingerprint density at radius 3 is 2.72 bits per heavy atom. The average Bonchev–Trinajstić information content (AvgIpc) is 2.33. The first kappa shape index (κ1) is 11.7. The molecule has 2 N–H and O–H groups in total. The van der Waals surface area contributed by atoms with Gasteiger partial charge in [0.25, 0.3) is 0 Å². The molecule has 0 bridgehead atoms. The maximum Gasteiger partial charge on any atom is 0.328 e. The minimum atomic E-state index is -0.847. The highest BCUT2D eigenvalue weighted by Crippen LogP contribution is 2.37. The van der Waals surface area contributed by atoms with E-state index in [1.165, 1.54) is 12.0 Å². The zero-order valence-electron chi connectivity index (χ0n) is 10.5. The Labute approximate surface area is 107 Å². The van der Waals surface area contributed by atoms with E-state index in [0.717, 1.165) is 31.2 Å². The van der Waals surface area contributed by atoms with Gasteiger partial charge in [0.1, 0.15) is 5.54 Å². The van der Waals surface area contributed by atoms with Crippen molar-refractivity contribution < 1.29 is 9.90 Å². The van der Waals surface area contributed by atoms with Crippen molar-refractivity contribution in [2.45, 2.75) is 50.1 Å². The third-order valence-corrected chi connectivity index (χ3v) is 4.40. The Balaban J connectivity index is 2.01. The molecule has 18 heavy (non-hydrogen) atoms. The van der Waals surface area contributed by atoms with Crippen LogP contribution in [0.15, 0.2) is 24.3 Å². The molecular weight excluding hydrogens is 226 g/mol. The van der Waals surface area contributed by atoms with Crippen LogP contribution in [0.3, 0.4) is 0 Å². The van der Waals surface area contributed by atoms with E-state index in [1.807, 2.05) is 18.2 Å². The van der Waals surface area contributed by atoms with Crippen molar-refractivity contribution in [2.75, 3.05) is 0 Å². The molecule has 1 aromatic carbocycles. The molecule has 2 aliphatic rings. The first-order chi connectivity index (χ1) is 8.72. The molecule has 3 rings (SSSR count). The Morgan fingerprint density at radius 1 is 1.28 bits per heavy atom. The number of hydrogen-bond acceptors (Lipinski definition) is 2. The lowest BCUT2D eigenvalue weighted by molar-refractivity contribution is -0.147. The first-order valence-corrected chi connectivity index (χ1v) is 6.82. The lowest BCUT2D eigenvalue weighted by Crippen LogP contribution is -2.56. The van der Waals surface area contributed by atoms with Crippen LogP contribution in [0.1, 0.15) is 43.2 Å². The van der Waals surface area contributed by atoms with E-state index in [9.17, 15) is 9.90 Å². The summed E-state index contributed by atoms with van der Waals surface area (Å²) in [5.41, 5.74) is 1.33. The molecule has 0 heterocycles. The SMILES string of the molecule is O=C(O)C1(NC2CCC2)CCCc2ccccc21. The molecule has 1 fully saturated rings. The number of aliphatic carboxylic acids is 1. The standard InChI is InChI=1S/C15H19NO2/c17-14(18)15(16-12-7-3-8-12)10-4-6-11-5-1-2-9-13(11)15/h1-2,5,9,12,16H,3-4,6-8,10H2,(H,17,18). The largest absolute Gasteiger partial charge is 0.480 e. The zero-order valence-corrected chi connectivity index (χ0v) is 10.5. The fourth-order valence-corrected chi connectivity index (χ4v) is 3.17. The van der Waals surface area contributed by atoms with Crippen LogP contribution in [0.4, 0.5) is 0 Å². The van der Waals surface area contributed by atoms with Gasteiger partial charge in [-0.15, -0.1) is 0 Å². The van der Waals surface area contributed by atoms with E-state index in [1.54, 1.807) is 0 Å². The molecule has 1 aromatic rings. The summed E-state index contributed by atoms with van der Waals surface area (Å²) in [4.78, 5) is 11.9. The van der Waals surface area contributed by atoms with Crippen molar-refractivity contribution in [1.29, 1.82) is 0 Å². The minimum Gasteiger partial charge on any atom is -0.480 e. The summed E-state index contributed by atoms with van der Waals surface area (Å²) in [6.45, 7) is 0. The van der Waals surface area contributed by atoms with Crippen LogP contribution >= 0.6 is 0 Å². The quantitative estimate of drug-likeness (QED) is 0.860. The number of nitrogens with one attached hydrogen (secondary N) is 1. The lowest BCUT2D eigenvalue weighted by atomic mass is 9.75. The maximum atomic E-state index is 11.9. The van der Waals surface area contributed by atoms with Gasteiger partial charge in [-0.2, -0.15) is 0 Å². The number of carboxylic acids is 1. The van der Waals surface area contributed by atoms with E-state index < -0.39 is 11.5 Å². The van der Waals surface area contributed by atoms with Gasteiger partial charge in [-0.1, -0.05) is 30.7 Å². The molecule has 0 radical (unpaired) electrons. The van der Waals surface area contributed by atoms with Gasteiger partial charge in [-0.3, -0.25) is 5.32 Å². The molecule has 1 unspecified atom stereocenters. The summed E-state index contributed by atoms with van der Waals surface area (Å²) in [5.74, 6) is -0.721. The number of carbonyl (C=O) groups is 1. The number of aryl methyl sites for hydroxylation is 1. The monoisotopic (exact) mass is 245 g/mol. The summed E-state index contributed by atoms with van der Waals surface area (Å²) in [5, 5.41) is 13.2. The molecule has 3 nitrogen and oxygen atoms in total. The molecule has 3 heteroatoms. The number of fused-ring (bicyclic) bond motifs is 1. The van der Waals surface area contributed by atoms with Gasteiger partial charge in [0.05, 0.1) is 0 Å². The summed E-state index contributed by atoms with van der Waals surface area (Å²) in [7, 11) is 0. The van der Waals surface area contributed by atoms with Crippen molar-refractivity contribution in [3.63, 3.8) is 0 Å². The molecule has 0 aliphatic heterocycles. The molecule has 0 amide bonds. The van der Waals surface area contributed by atoms with Gasteiger partial charge < -0.3 is 5.11 Å². The molecule has 0 aromatic heterocycles. The van der Waals surface area contributed by atoms with E-state index in [2.05, 4.69) is 11.4 Å². The van der Waals surface area contributed by atoms with Crippen molar-refractivity contribution in [3.8, 4) is 0 Å². The highest BCUT2D eigenvalue weighted by Gasteiger charge is 2.45. The Kier molecular flexibility index (Phi) is 2.86. The first-order valence-electron chi connectivity index (χ1n) is 6.82. The van der Waals surface area contributed by atoms with Crippen molar-refractivity contribution >= 4 is 5.97 Å². The maximum absolute atomic E-state index is 11.9. The third-order valence-electron chi connectivity index (χ3n) is 4.40. The number of carboxylic acid groups (broad SMARTS) is 1. The molecule has 1 saturated carbocycles. The van der Waals surface area contributed by atoms with Crippen LogP contribution in [0.5, 0.6) is 0 Å². The normalized spacial score (nSPS) is 27.3. The fraction of sp³-hybridized carbons (Fsp3) is 0.533. The van der Waals surface area contributed by atoms with Gasteiger partial charge in [-0.25, -0.2) is 4.79 Å². The van der Waals surface area contributed by atoms with Crippen LogP contribution in [0.2, 0.25) is 0 Å². The van der Waals surface area contributed by atoms with E-state index in [4.69, 9.17) is 0 Å². The summed E-state index contributed by atoms with van der Waals surface area (Å²) < 4.78 is 0. The van der Waals surface area contributed by atoms with E-state index >= 15 is 0 Å². The van der Waals surface area contributed by atoms with Crippen LogP contribution in [-0.4, -0.2) is 17.1 Å². The second kappa shape index (κ2) is 4.39. The van der Waals surface area contributed by atoms with Gasteiger partial charge in [0.2, 0.25) is 0 Å². The van der Waals surface area contributed by atoms with Gasteiger partial charge in [0, 0.05) is 6.04 Å². The molecule has 0 spiro atoms. The summed E-state index contributed by atoms with van der Waals surface area (Å²) in [6.07, 6.45) is 6.08. The van der Waals surface area contributed by atoms with Crippen LogP contribution in [-0.2, 0) is 16.8 Å². The van der Waals surface area contributed by atoms with Crippen LogP contribution in [0, 0.1) is 0 Å². The van der Waals surface area contributed by atoms with Crippen LogP contribution in [0.25, 0.3) is 0 Å². The average molecular weight is 245 g/mol. The van der Waals surface area contributed by atoms with Crippen LogP contribution < -0.4 is 5.32 Å². The molecule has 96 valence electrons. The fourth-order valence-electron chi connectivity index (χ4n) is 3.17. The van der Waals surface area contributed by atoms with E-state index in [0.29, 0.717) is 12.5 Å². The zero-order chi connectivity index (χ0) is 12.6. The van der Waals surface area contributed by atoms with Gasteiger partial charge in [0.15, 0.2) is 0 Å². The van der Waals surface area contributed by atoms with Gasteiger partial charge >= 0.3 is 5.97 Å². The second-order valence-electron chi connectivity index (χ2n) is 5.49. The summed E-state index contributed by atoms with van der Waals surface area (Å²) in [6, 6.07) is 8.38. The molecular formula is C15H19NO2. The molecule has 1 atom stereocenters. The lowest BCUT2D eigenvalue weighted by Gasteiger charge is -2.41. The predicted octanol–water partition coefficient (Wildman–Crippen LogP) is 2.44. The van der Waals surface area contributed by atoms with Crippen molar-refractivity contribution in [1.82, 2.24) is 5.32 Å². The van der Waals surface area contributed by atoms with Gasteiger partial charge in [-0.05, 0) is 43.2 Å². The summed E-state index contributed by atoms with van der Waals surface area (Å²) >= 11 is 0. The minimum absolute atomic E-state index is 0.382. The second-order valence-corrected chi connectivity index (χ2v) is 5.49. The van der Waals surface area contributed by atoms with E-state index in [-0.39, 0.29) is 0 Å². The molecule has 2 aliphatic carbocycles. The Bertz CT molecular complexity index is 467. The Morgan fingerprint density at radius 2 is 2.06 bits per heavy atom. The highest BCUT2D eigenvalue weighted by atomic mass is 16.4. The molecule has 0 saturated heterocycles. The van der Waals surface area contributed by atoms with Crippen molar-refractivity contribution in [2.24, 2.45) is 0 Å². The number of rotatable bonds is 3. The Hall–Kier alpha value is -1.35. The highest BCUT2D eigenvalue weighted by molar-refractivity contribution is 5.82. The third kappa shape index (κ3) is 1.74. The number of hydrogen-bond donors (Lipinski definition) is 2. The predicted molar refractivity (Wildman–Crippen MR) is 69.5 cm³/mol.